The number of nitrogens with zero attached hydrogens (tertiary/aromatic N) is 1. The van der Waals surface area contributed by atoms with Crippen molar-refractivity contribution in [2.24, 2.45) is 5.73 Å². The molecule has 1 aromatic carbocycles. The van der Waals surface area contributed by atoms with Gasteiger partial charge in [0.25, 0.3) is 0 Å². The van der Waals surface area contributed by atoms with Gasteiger partial charge in [-0.3, -0.25) is 4.79 Å². The number of carboxylic acids is 1. The number of hydrogen-bond donors (Lipinski definition) is 2. The van der Waals surface area contributed by atoms with E-state index in [1.54, 1.807) is 0 Å². The SMILES string of the molecule is N#Cc1cc(CC(=O)O)c(OC(F)F)cc1CN. The smallest absolute Gasteiger partial charge is 0.387 e. The topological polar surface area (TPSA) is 96.3 Å². The molecule has 0 spiro atoms. The lowest BCUT2D eigenvalue weighted by atomic mass is 10.0. The standard InChI is InChI=1S/C11H10F2N2O3/c12-11(13)18-9-2-8(5-15)7(4-14)1-6(9)3-10(16)17/h1-2,11H,3,5,15H2,(H,16,17). The first-order valence-corrected chi connectivity index (χ1v) is 4.90. The Labute approximate surface area is 101 Å². The Kier molecular flexibility index (Phi) is 4.57. The summed E-state index contributed by atoms with van der Waals surface area (Å²) in [5, 5.41) is 17.5. The fourth-order valence-electron chi connectivity index (χ4n) is 1.45. The van der Waals surface area contributed by atoms with Crippen molar-refractivity contribution in [2.75, 3.05) is 0 Å². The Morgan fingerprint density at radius 1 is 1.50 bits per heavy atom. The van der Waals surface area contributed by atoms with E-state index < -0.39 is 19.0 Å². The molecule has 0 unspecified atom stereocenters. The number of nitrogens with two attached hydrogens (primary N) is 1. The minimum absolute atomic E-state index is 0.0107. The second-order valence-electron chi connectivity index (χ2n) is 3.38. The van der Waals surface area contributed by atoms with Crippen LogP contribution in [0.1, 0.15) is 16.7 Å². The van der Waals surface area contributed by atoms with Crippen molar-refractivity contribution in [3.05, 3.63) is 28.8 Å². The van der Waals surface area contributed by atoms with Gasteiger partial charge in [0.15, 0.2) is 0 Å². The Morgan fingerprint density at radius 3 is 2.61 bits per heavy atom. The highest BCUT2D eigenvalue weighted by molar-refractivity contribution is 5.72. The first-order valence-electron chi connectivity index (χ1n) is 4.90. The normalized spacial score (nSPS) is 10.2. The summed E-state index contributed by atoms with van der Waals surface area (Å²) in [6.07, 6.45) is -0.512. The van der Waals surface area contributed by atoms with Gasteiger partial charge in [0.05, 0.1) is 18.1 Å². The average Bonchev–Trinajstić information content (AvgIpc) is 2.29. The molecule has 5 nitrogen and oxygen atoms in total. The molecule has 0 fully saturated rings. The van der Waals surface area contributed by atoms with Gasteiger partial charge in [-0.05, 0) is 17.7 Å². The van der Waals surface area contributed by atoms with E-state index in [0.717, 1.165) is 0 Å². The number of alkyl halides is 2. The summed E-state index contributed by atoms with van der Waals surface area (Å²) in [7, 11) is 0. The maximum atomic E-state index is 12.2. The molecule has 18 heavy (non-hydrogen) atoms. The summed E-state index contributed by atoms with van der Waals surface area (Å²) in [6.45, 7) is -3.10. The summed E-state index contributed by atoms with van der Waals surface area (Å²) in [5.74, 6) is -1.48. The maximum absolute atomic E-state index is 12.2. The van der Waals surface area contributed by atoms with Crippen molar-refractivity contribution in [1.82, 2.24) is 0 Å². The molecule has 3 N–H and O–H groups in total. The number of carboxylic acid groups (broad SMARTS) is 1. The predicted molar refractivity (Wildman–Crippen MR) is 57.0 cm³/mol. The number of hydrogen-bond acceptors (Lipinski definition) is 4. The zero-order valence-electron chi connectivity index (χ0n) is 9.19. The Bertz CT molecular complexity index is 498. The molecule has 0 bridgehead atoms. The van der Waals surface area contributed by atoms with Crippen LogP contribution in [-0.2, 0) is 17.8 Å². The van der Waals surface area contributed by atoms with E-state index in [9.17, 15) is 13.6 Å². The monoisotopic (exact) mass is 256 g/mol. The van der Waals surface area contributed by atoms with Crippen LogP contribution in [0.4, 0.5) is 8.78 Å². The molecule has 0 amide bonds. The Morgan fingerprint density at radius 2 is 2.17 bits per heavy atom. The van der Waals surface area contributed by atoms with Crippen LogP contribution in [-0.4, -0.2) is 17.7 Å². The lowest BCUT2D eigenvalue weighted by Crippen LogP contribution is -2.10. The third-order valence-electron chi connectivity index (χ3n) is 2.18. The number of halogens is 2. The number of carbonyl (C=O) groups is 1. The molecule has 1 aromatic rings. The second kappa shape index (κ2) is 5.93. The lowest BCUT2D eigenvalue weighted by molar-refractivity contribution is -0.136. The quantitative estimate of drug-likeness (QED) is 0.826. The molecule has 0 aliphatic carbocycles. The Balaban J connectivity index is 3.27. The molecule has 0 atom stereocenters. The van der Waals surface area contributed by atoms with E-state index in [1.807, 2.05) is 6.07 Å². The van der Waals surface area contributed by atoms with Gasteiger partial charge in [0.2, 0.25) is 0 Å². The molecule has 0 heterocycles. The van der Waals surface area contributed by atoms with Crippen LogP contribution in [0.15, 0.2) is 12.1 Å². The summed E-state index contributed by atoms with van der Waals surface area (Å²) in [4.78, 5) is 10.6. The fraction of sp³-hybridized carbons (Fsp3) is 0.273. The highest BCUT2D eigenvalue weighted by atomic mass is 19.3. The zero-order chi connectivity index (χ0) is 13.7. The van der Waals surface area contributed by atoms with Crippen molar-refractivity contribution in [3.63, 3.8) is 0 Å². The number of rotatable bonds is 5. The minimum atomic E-state index is -3.07. The molecule has 0 aliphatic rings. The minimum Gasteiger partial charge on any atom is -0.481 e. The predicted octanol–water partition coefficient (Wildman–Crippen LogP) is 1.25. The molecule has 7 heteroatoms. The van der Waals surface area contributed by atoms with Gasteiger partial charge in [-0.25, -0.2) is 0 Å². The van der Waals surface area contributed by atoms with E-state index >= 15 is 0 Å². The number of aliphatic carboxylic acids is 1. The van der Waals surface area contributed by atoms with Crippen molar-refractivity contribution < 1.29 is 23.4 Å². The summed E-state index contributed by atoms with van der Waals surface area (Å²) in [5.41, 5.74) is 5.85. The van der Waals surface area contributed by atoms with Gasteiger partial charge in [0.1, 0.15) is 5.75 Å². The molecule has 0 aliphatic heterocycles. The highest BCUT2D eigenvalue weighted by Crippen LogP contribution is 2.25. The van der Waals surface area contributed by atoms with Crippen molar-refractivity contribution in [3.8, 4) is 11.8 Å². The largest absolute Gasteiger partial charge is 0.481 e. The molecular formula is C11H10F2N2O3. The van der Waals surface area contributed by atoms with Gasteiger partial charge >= 0.3 is 12.6 Å². The van der Waals surface area contributed by atoms with Gasteiger partial charge < -0.3 is 15.6 Å². The van der Waals surface area contributed by atoms with Crippen LogP contribution in [0.25, 0.3) is 0 Å². The van der Waals surface area contributed by atoms with Gasteiger partial charge in [-0.1, -0.05) is 0 Å². The molecule has 0 radical (unpaired) electrons. The summed E-state index contributed by atoms with van der Waals surface area (Å²) < 4.78 is 28.6. The average molecular weight is 256 g/mol. The van der Waals surface area contributed by atoms with Crippen molar-refractivity contribution >= 4 is 5.97 Å². The molecule has 0 saturated carbocycles. The molecule has 0 saturated heterocycles. The van der Waals surface area contributed by atoms with Crippen LogP contribution in [0.3, 0.4) is 0 Å². The summed E-state index contributed by atoms with van der Waals surface area (Å²) >= 11 is 0. The second-order valence-corrected chi connectivity index (χ2v) is 3.38. The van der Waals surface area contributed by atoms with E-state index in [1.165, 1.54) is 12.1 Å². The van der Waals surface area contributed by atoms with E-state index in [0.29, 0.717) is 5.56 Å². The third-order valence-corrected chi connectivity index (χ3v) is 2.18. The van der Waals surface area contributed by atoms with Gasteiger partial charge in [-0.2, -0.15) is 14.0 Å². The van der Waals surface area contributed by atoms with E-state index in [4.69, 9.17) is 16.1 Å². The molecule has 1 rings (SSSR count). The fourth-order valence-corrected chi connectivity index (χ4v) is 1.45. The highest BCUT2D eigenvalue weighted by Gasteiger charge is 2.15. The number of benzene rings is 1. The van der Waals surface area contributed by atoms with Crippen LogP contribution >= 0.6 is 0 Å². The van der Waals surface area contributed by atoms with Crippen LogP contribution in [0, 0.1) is 11.3 Å². The first kappa shape index (κ1) is 13.9. The lowest BCUT2D eigenvalue weighted by Gasteiger charge is -2.12. The van der Waals surface area contributed by atoms with Crippen LogP contribution < -0.4 is 10.5 Å². The first-order chi connectivity index (χ1) is 8.47. The molecular weight excluding hydrogens is 246 g/mol. The summed E-state index contributed by atoms with van der Waals surface area (Å²) in [6, 6.07) is 4.20. The van der Waals surface area contributed by atoms with E-state index in [-0.39, 0.29) is 23.4 Å². The maximum Gasteiger partial charge on any atom is 0.387 e. The van der Waals surface area contributed by atoms with Crippen LogP contribution in [0.5, 0.6) is 5.75 Å². The van der Waals surface area contributed by atoms with E-state index in [2.05, 4.69) is 4.74 Å². The number of nitriles is 1. The van der Waals surface area contributed by atoms with Crippen molar-refractivity contribution in [2.45, 2.75) is 19.6 Å². The third kappa shape index (κ3) is 3.40. The zero-order valence-corrected chi connectivity index (χ0v) is 9.19. The van der Waals surface area contributed by atoms with Crippen molar-refractivity contribution in [1.29, 1.82) is 5.26 Å². The van der Waals surface area contributed by atoms with Gasteiger partial charge in [-0.15, -0.1) is 0 Å². The Hall–Kier alpha value is -2.20. The molecule has 0 aromatic heterocycles. The number of ether oxygens (including phenoxy) is 1. The van der Waals surface area contributed by atoms with Crippen LogP contribution in [0.2, 0.25) is 0 Å². The van der Waals surface area contributed by atoms with Gasteiger partial charge in [0, 0.05) is 12.1 Å². The molecule has 96 valence electrons.